The van der Waals surface area contributed by atoms with Crippen molar-refractivity contribution in [2.75, 3.05) is 25.0 Å². The topological polar surface area (TPSA) is 35.5 Å². The highest BCUT2D eigenvalue weighted by molar-refractivity contribution is 5.47. The molecule has 0 saturated carbocycles. The zero-order valence-electron chi connectivity index (χ0n) is 11.3. The standard InChI is InChI=1S/C14H24N2O/c1-5-15-12(3)13-6-8-14(9-7-13)16(4)10-11(2)17/h6-9,11-12,15,17H,5,10H2,1-4H3. The molecule has 0 saturated heterocycles. The van der Waals surface area contributed by atoms with Crippen molar-refractivity contribution in [1.82, 2.24) is 5.32 Å². The van der Waals surface area contributed by atoms with E-state index in [0.29, 0.717) is 12.6 Å². The molecule has 1 rings (SSSR count). The Morgan fingerprint density at radius 2 is 1.82 bits per heavy atom. The summed E-state index contributed by atoms with van der Waals surface area (Å²) in [6.07, 6.45) is -0.305. The van der Waals surface area contributed by atoms with E-state index >= 15 is 0 Å². The van der Waals surface area contributed by atoms with Crippen molar-refractivity contribution < 1.29 is 5.11 Å². The van der Waals surface area contributed by atoms with E-state index in [1.165, 1.54) is 5.56 Å². The first-order chi connectivity index (χ1) is 8.04. The number of hydrogen-bond donors (Lipinski definition) is 2. The lowest BCUT2D eigenvalue weighted by atomic mass is 10.1. The number of anilines is 1. The predicted octanol–water partition coefficient (Wildman–Crippen LogP) is 2.17. The Hall–Kier alpha value is -1.06. The minimum Gasteiger partial charge on any atom is -0.392 e. The van der Waals surface area contributed by atoms with Crippen LogP contribution in [-0.4, -0.2) is 31.3 Å². The lowest BCUT2D eigenvalue weighted by Gasteiger charge is -2.22. The van der Waals surface area contributed by atoms with Gasteiger partial charge < -0.3 is 15.3 Å². The van der Waals surface area contributed by atoms with Crippen LogP contribution < -0.4 is 10.2 Å². The summed E-state index contributed by atoms with van der Waals surface area (Å²) in [5, 5.41) is 12.7. The van der Waals surface area contributed by atoms with Gasteiger partial charge in [-0.25, -0.2) is 0 Å². The van der Waals surface area contributed by atoms with E-state index in [-0.39, 0.29) is 6.10 Å². The quantitative estimate of drug-likeness (QED) is 0.794. The Labute approximate surface area is 104 Å². The number of likely N-dealkylation sites (N-methyl/N-ethyl adjacent to an activating group) is 1. The number of aliphatic hydroxyl groups is 1. The molecule has 3 nitrogen and oxygen atoms in total. The van der Waals surface area contributed by atoms with Gasteiger partial charge >= 0.3 is 0 Å². The fourth-order valence-corrected chi connectivity index (χ4v) is 1.94. The Morgan fingerprint density at radius 1 is 1.24 bits per heavy atom. The maximum absolute atomic E-state index is 9.35. The number of benzene rings is 1. The fraction of sp³-hybridized carbons (Fsp3) is 0.571. The number of nitrogens with zero attached hydrogens (tertiary/aromatic N) is 1. The highest BCUT2D eigenvalue weighted by Crippen LogP contribution is 2.18. The second-order valence-electron chi connectivity index (χ2n) is 4.60. The van der Waals surface area contributed by atoms with E-state index in [2.05, 4.69) is 48.3 Å². The Morgan fingerprint density at radius 3 is 2.29 bits per heavy atom. The SMILES string of the molecule is CCNC(C)c1ccc(N(C)CC(C)O)cc1. The van der Waals surface area contributed by atoms with E-state index in [4.69, 9.17) is 0 Å². The number of rotatable bonds is 6. The summed E-state index contributed by atoms with van der Waals surface area (Å²) in [5.74, 6) is 0. The third-order valence-corrected chi connectivity index (χ3v) is 2.88. The van der Waals surface area contributed by atoms with Gasteiger partial charge in [-0.1, -0.05) is 19.1 Å². The molecule has 1 aromatic rings. The lowest BCUT2D eigenvalue weighted by molar-refractivity contribution is 0.201. The Balaban J connectivity index is 2.67. The van der Waals surface area contributed by atoms with Crippen molar-refractivity contribution in [3.05, 3.63) is 29.8 Å². The van der Waals surface area contributed by atoms with Gasteiger partial charge in [0.2, 0.25) is 0 Å². The number of nitrogens with one attached hydrogen (secondary N) is 1. The molecule has 0 fully saturated rings. The smallest absolute Gasteiger partial charge is 0.0686 e. The first-order valence-electron chi connectivity index (χ1n) is 6.27. The fourth-order valence-electron chi connectivity index (χ4n) is 1.94. The lowest BCUT2D eigenvalue weighted by Crippen LogP contribution is -2.26. The van der Waals surface area contributed by atoms with Gasteiger partial charge in [0.15, 0.2) is 0 Å². The van der Waals surface area contributed by atoms with E-state index in [1.807, 2.05) is 7.05 Å². The normalized spacial score (nSPS) is 14.4. The summed E-state index contributed by atoms with van der Waals surface area (Å²) < 4.78 is 0. The first kappa shape index (κ1) is 14.0. The molecule has 0 aromatic heterocycles. The molecule has 1 aromatic carbocycles. The summed E-state index contributed by atoms with van der Waals surface area (Å²) in [7, 11) is 2.00. The third-order valence-electron chi connectivity index (χ3n) is 2.88. The second kappa shape index (κ2) is 6.62. The second-order valence-corrected chi connectivity index (χ2v) is 4.60. The maximum atomic E-state index is 9.35. The molecule has 0 bridgehead atoms. The van der Waals surface area contributed by atoms with Crippen LogP contribution in [0.1, 0.15) is 32.4 Å². The van der Waals surface area contributed by atoms with Crippen LogP contribution in [0.4, 0.5) is 5.69 Å². The van der Waals surface area contributed by atoms with Crippen molar-refractivity contribution in [3.8, 4) is 0 Å². The highest BCUT2D eigenvalue weighted by atomic mass is 16.3. The largest absolute Gasteiger partial charge is 0.392 e. The number of aliphatic hydroxyl groups excluding tert-OH is 1. The minimum absolute atomic E-state index is 0.305. The van der Waals surface area contributed by atoms with E-state index < -0.39 is 0 Å². The van der Waals surface area contributed by atoms with Crippen LogP contribution in [0, 0.1) is 0 Å². The first-order valence-corrected chi connectivity index (χ1v) is 6.27. The van der Waals surface area contributed by atoms with Gasteiger partial charge in [0.25, 0.3) is 0 Å². The molecule has 17 heavy (non-hydrogen) atoms. The van der Waals surface area contributed by atoms with Crippen LogP contribution in [-0.2, 0) is 0 Å². The highest BCUT2D eigenvalue weighted by Gasteiger charge is 2.06. The third kappa shape index (κ3) is 4.36. The van der Waals surface area contributed by atoms with Gasteiger partial charge in [-0.2, -0.15) is 0 Å². The van der Waals surface area contributed by atoms with E-state index in [0.717, 1.165) is 12.2 Å². The maximum Gasteiger partial charge on any atom is 0.0686 e. The zero-order chi connectivity index (χ0) is 12.8. The molecule has 2 unspecified atom stereocenters. The summed E-state index contributed by atoms with van der Waals surface area (Å²) in [6.45, 7) is 7.71. The zero-order valence-corrected chi connectivity index (χ0v) is 11.3. The molecule has 0 amide bonds. The van der Waals surface area contributed by atoms with Crippen LogP contribution >= 0.6 is 0 Å². The summed E-state index contributed by atoms with van der Waals surface area (Å²) in [4.78, 5) is 2.06. The van der Waals surface area contributed by atoms with Gasteiger partial charge in [0, 0.05) is 25.3 Å². The van der Waals surface area contributed by atoms with Crippen LogP contribution in [0.5, 0.6) is 0 Å². The average Bonchev–Trinajstić information content (AvgIpc) is 2.28. The van der Waals surface area contributed by atoms with E-state index in [9.17, 15) is 5.11 Å². The summed E-state index contributed by atoms with van der Waals surface area (Å²) in [6, 6.07) is 8.87. The van der Waals surface area contributed by atoms with Crippen LogP contribution in [0.15, 0.2) is 24.3 Å². The molecular formula is C14H24N2O. The summed E-state index contributed by atoms with van der Waals surface area (Å²) in [5.41, 5.74) is 2.43. The molecule has 0 aliphatic carbocycles. The molecule has 0 aliphatic heterocycles. The molecule has 3 heteroatoms. The molecule has 96 valence electrons. The van der Waals surface area contributed by atoms with Crippen LogP contribution in [0.3, 0.4) is 0 Å². The van der Waals surface area contributed by atoms with Crippen molar-refractivity contribution in [3.63, 3.8) is 0 Å². The molecule has 0 heterocycles. The molecule has 2 N–H and O–H groups in total. The van der Waals surface area contributed by atoms with Crippen molar-refractivity contribution in [2.24, 2.45) is 0 Å². The van der Waals surface area contributed by atoms with Gasteiger partial charge in [0.1, 0.15) is 0 Å². The van der Waals surface area contributed by atoms with Crippen molar-refractivity contribution in [2.45, 2.75) is 32.9 Å². The molecule has 2 atom stereocenters. The molecule has 0 spiro atoms. The Kier molecular flexibility index (Phi) is 5.45. The van der Waals surface area contributed by atoms with Crippen molar-refractivity contribution >= 4 is 5.69 Å². The van der Waals surface area contributed by atoms with Gasteiger partial charge in [0.05, 0.1) is 6.10 Å². The number of hydrogen-bond acceptors (Lipinski definition) is 3. The molecule has 0 radical (unpaired) electrons. The van der Waals surface area contributed by atoms with Gasteiger partial charge in [-0.05, 0) is 38.1 Å². The monoisotopic (exact) mass is 236 g/mol. The average molecular weight is 236 g/mol. The van der Waals surface area contributed by atoms with E-state index in [1.54, 1.807) is 6.92 Å². The minimum atomic E-state index is -0.305. The molecular weight excluding hydrogens is 212 g/mol. The van der Waals surface area contributed by atoms with Gasteiger partial charge in [-0.3, -0.25) is 0 Å². The van der Waals surface area contributed by atoms with Gasteiger partial charge in [-0.15, -0.1) is 0 Å². The predicted molar refractivity (Wildman–Crippen MR) is 73.5 cm³/mol. The Bertz CT molecular complexity index is 321. The molecule has 0 aliphatic rings. The summed E-state index contributed by atoms with van der Waals surface area (Å²) >= 11 is 0. The van der Waals surface area contributed by atoms with Crippen LogP contribution in [0.2, 0.25) is 0 Å². The van der Waals surface area contributed by atoms with Crippen molar-refractivity contribution in [1.29, 1.82) is 0 Å². The van der Waals surface area contributed by atoms with Crippen LogP contribution in [0.25, 0.3) is 0 Å².